The third kappa shape index (κ3) is 5.07. The monoisotopic (exact) mass is 524 g/mol. The highest BCUT2D eigenvalue weighted by molar-refractivity contribution is 7.87. The number of halogens is 14. The molecule has 0 atom stereocenters. The topological polar surface area (TPSA) is 86.7 Å². The van der Waals surface area contributed by atoms with Gasteiger partial charge in [0.05, 0.1) is 0 Å². The molecule has 0 unspecified atom stereocenters. The molecule has 0 aromatic carbocycles. The SMILES string of the molecule is C=C(C(F)(F)OC(F)(F)C(F)(F)S(=O)(=O)F)C(F)(F)OC(F)(F)C(F)(F)S(=O)(=O)F. The van der Waals surface area contributed by atoms with E-state index in [1.165, 1.54) is 6.58 Å². The van der Waals surface area contributed by atoms with E-state index in [0.29, 0.717) is 0 Å². The van der Waals surface area contributed by atoms with Crippen LogP contribution < -0.4 is 0 Å². The van der Waals surface area contributed by atoms with Gasteiger partial charge in [-0.2, -0.15) is 69.5 Å². The molecule has 0 aliphatic heterocycles. The summed E-state index contributed by atoms with van der Waals surface area (Å²) in [7, 11) is -15.6. The molecular weight excluding hydrogens is 522 g/mol. The Kier molecular flexibility index (Phi) is 6.98. The van der Waals surface area contributed by atoms with Gasteiger partial charge in [0.1, 0.15) is 5.57 Å². The highest BCUT2D eigenvalue weighted by atomic mass is 32.3. The second kappa shape index (κ2) is 7.32. The molecule has 6 nitrogen and oxygen atoms in total. The molecule has 0 radical (unpaired) electrons. The Morgan fingerprint density at radius 2 is 0.767 bits per heavy atom. The largest absolute Gasteiger partial charge is 0.464 e. The van der Waals surface area contributed by atoms with Crippen LogP contribution in [-0.4, -0.2) is 51.8 Å². The van der Waals surface area contributed by atoms with Crippen molar-refractivity contribution >= 4 is 20.4 Å². The molecule has 0 aromatic rings. The summed E-state index contributed by atoms with van der Waals surface area (Å²) in [6.07, 6.45) is -28.0. The van der Waals surface area contributed by atoms with Gasteiger partial charge < -0.3 is 0 Å². The lowest BCUT2D eigenvalue weighted by molar-refractivity contribution is -0.433. The molecule has 0 fully saturated rings. The van der Waals surface area contributed by atoms with E-state index in [0.717, 1.165) is 0 Å². The number of hydrogen-bond donors (Lipinski definition) is 0. The van der Waals surface area contributed by atoms with Gasteiger partial charge in [0.15, 0.2) is 0 Å². The second-order valence-corrected chi connectivity index (χ2v) is 7.44. The van der Waals surface area contributed by atoms with Gasteiger partial charge in [-0.25, -0.2) is 9.47 Å². The number of hydrogen-bond acceptors (Lipinski definition) is 6. The lowest BCUT2D eigenvalue weighted by Crippen LogP contribution is -2.54. The van der Waals surface area contributed by atoms with E-state index in [4.69, 9.17) is 0 Å². The Hall–Kier alpha value is -1.42. The summed E-state index contributed by atoms with van der Waals surface area (Å²) in [5, 5.41) is -14.4. The van der Waals surface area contributed by atoms with Crippen molar-refractivity contribution in [1.29, 1.82) is 0 Å². The van der Waals surface area contributed by atoms with Crippen molar-refractivity contribution in [2.24, 2.45) is 0 Å². The van der Waals surface area contributed by atoms with E-state index in [1.807, 2.05) is 0 Å². The highest BCUT2D eigenvalue weighted by Gasteiger charge is 2.75. The smallest absolute Gasteiger partial charge is 0.245 e. The summed E-state index contributed by atoms with van der Waals surface area (Å²) in [6.45, 7) is 1.36. The van der Waals surface area contributed by atoms with Crippen molar-refractivity contribution in [3.8, 4) is 0 Å². The molecule has 0 aromatic heterocycles. The van der Waals surface area contributed by atoms with E-state index in [-0.39, 0.29) is 0 Å². The molecule has 22 heteroatoms. The van der Waals surface area contributed by atoms with Crippen molar-refractivity contribution in [2.45, 2.75) is 34.9 Å². The first kappa shape index (κ1) is 28.6. The van der Waals surface area contributed by atoms with Gasteiger partial charge >= 0.3 is 55.4 Å². The predicted molar refractivity (Wildman–Crippen MR) is 61.0 cm³/mol. The van der Waals surface area contributed by atoms with E-state index < -0.39 is 61.0 Å². The minimum absolute atomic E-state index is 1.36. The highest BCUT2D eigenvalue weighted by Crippen LogP contribution is 2.50. The molecule has 0 saturated heterocycles. The van der Waals surface area contributed by atoms with Crippen LogP contribution in [0.4, 0.5) is 60.5 Å². The van der Waals surface area contributed by atoms with Crippen LogP contribution in [0.1, 0.15) is 0 Å². The molecule has 0 spiro atoms. The lowest BCUT2D eigenvalue weighted by Gasteiger charge is -2.32. The summed E-state index contributed by atoms with van der Waals surface area (Å²) in [6, 6.07) is 0. The minimum atomic E-state index is -7.78. The summed E-state index contributed by atoms with van der Waals surface area (Å²) >= 11 is 0. The van der Waals surface area contributed by atoms with Crippen LogP contribution >= 0.6 is 0 Å². The first-order valence-electron chi connectivity index (χ1n) is 5.82. The zero-order chi connectivity index (χ0) is 25.0. The van der Waals surface area contributed by atoms with Crippen molar-refractivity contribution in [3.63, 3.8) is 0 Å². The van der Waals surface area contributed by atoms with Crippen LogP contribution in [0.5, 0.6) is 0 Å². The van der Waals surface area contributed by atoms with Crippen molar-refractivity contribution in [3.05, 3.63) is 12.2 Å². The Labute approximate surface area is 155 Å². The fourth-order valence-corrected chi connectivity index (χ4v) is 1.67. The molecule has 180 valence electrons. The van der Waals surface area contributed by atoms with Gasteiger partial charge in [0.25, 0.3) is 0 Å². The maximum atomic E-state index is 13.2. The minimum Gasteiger partial charge on any atom is -0.245 e. The Bertz CT molecular complexity index is 819. The van der Waals surface area contributed by atoms with Crippen molar-refractivity contribution < 1.29 is 86.8 Å². The third-order valence-electron chi connectivity index (χ3n) is 2.51. The van der Waals surface area contributed by atoms with Crippen LogP contribution in [0.25, 0.3) is 0 Å². The number of rotatable bonds is 10. The van der Waals surface area contributed by atoms with Gasteiger partial charge in [-0.1, -0.05) is 14.4 Å². The maximum absolute atomic E-state index is 13.2. The normalized spacial score (nSPS) is 15.9. The number of ether oxygens (including phenoxy) is 2. The zero-order valence-corrected chi connectivity index (χ0v) is 14.4. The predicted octanol–water partition coefficient (Wildman–Crippen LogP) is 3.73. The maximum Gasteiger partial charge on any atom is 0.464 e. The van der Waals surface area contributed by atoms with Crippen LogP contribution in [0.2, 0.25) is 0 Å². The van der Waals surface area contributed by atoms with Crippen LogP contribution in [0, 0.1) is 0 Å². The molecule has 0 N–H and O–H groups in total. The molecule has 0 bridgehead atoms. The van der Waals surface area contributed by atoms with Crippen molar-refractivity contribution in [2.75, 3.05) is 0 Å². The summed E-state index contributed by atoms with van der Waals surface area (Å²) < 4.78 is 222. The van der Waals surface area contributed by atoms with Crippen LogP contribution in [0.3, 0.4) is 0 Å². The zero-order valence-electron chi connectivity index (χ0n) is 12.8. The quantitative estimate of drug-likeness (QED) is 0.246. The van der Waals surface area contributed by atoms with Gasteiger partial charge in [-0.15, -0.1) is 0 Å². The van der Waals surface area contributed by atoms with E-state index in [1.54, 1.807) is 9.47 Å². The van der Waals surface area contributed by atoms with Gasteiger partial charge in [-0.3, -0.25) is 0 Å². The average Bonchev–Trinajstić information content (AvgIpc) is 2.41. The Balaban J connectivity index is 6.04. The molecular formula is C8H2F14O6S2. The first-order chi connectivity index (χ1) is 12.6. The summed E-state index contributed by atoms with van der Waals surface area (Å²) in [4.78, 5) is 0. The first-order valence-corrected chi connectivity index (χ1v) is 8.59. The number of alkyl halides is 12. The van der Waals surface area contributed by atoms with E-state index >= 15 is 0 Å². The Morgan fingerprint density at radius 1 is 0.567 bits per heavy atom. The van der Waals surface area contributed by atoms with Gasteiger partial charge in [0.2, 0.25) is 0 Å². The fraction of sp³-hybridized carbons (Fsp3) is 0.750. The Morgan fingerprint density at radius 3 is 0.933 bits per heavy atom. The molecule has 0 rings (SSSR count). The average molecular weight is 524 g/mol. The summed E-state index contributed by atoms with van der Waals surface area (Å²) in [5.41, 5.74) is -3.96. The van der Waals surface area contributed by atoms with E-state index in [2.05, 4.69) is 0 Å². The second-order valence-electron chi connectivity index (χ2n) is 4.66. The van der Waals surface area contributed by atoms with Gasteiger partial charge in [-0.05, 0) is 0 Å². The van der Waals surface area contributed by atoms with E-state index in [9.17, 15) is 77.3 Å². The lowest BCUT2D eigenvalue weighted by atomic mass is 10.2. The molecule has 0 heterocycles. The molecule has 0 saturated carbocycles. The molecule has 0 amide bonds. The van der Waals surface area contributed by atoms with Crippen LogP contribution in [-0.2, 0) is 29.9 Å². The molecule has 0 aliphatic rings. The molecule has 0 aliphatic carbocycles. The third-order valence-corrected chi connectivity index (χ3v) is 4.21. The van der Waals surface area contributed by atoms with Crippen LogP contribution in [0.15, 0.2) is 12.2 Å². The fourth-order valence-electron chi connectivity index (χ4n) is 1.02. The van der Waals surface area contributed by atoms with Gasteiger partial charge in [0, 0.05) is 0 Å². The standard InChI is InChI=1S/C8H2F14O6S2/c1-2(3(9,10)27-5(13,14)7(17,18)29(21,23)24)4(11,12)28-6(15,16)8(19,20)30(22,25)26/h1H2. The van der Waals surface area contributed by atoms with Crippen molar-refractivity contribution in [1.82, 2.24) is 0 Å². The summed E-state index contributed by atoms with van der Waals surface area (Å²) in [5.74, 6) is 0. The molecule has 30 heavy (non-hydrogen) atoms.